The number of ether oxygens (including phenoxy) is 3. The third kappa shape index (κ3) is 5.03. The fraction of sp³-hybridized carbons (Fsp3) is 0.480. The van der Waals surface area contributed by atoms with Crippen LogP contribution in [0.15, 0.2) is 47.6 Å². The van der Waals surface area contributed by atoms with E-state index in [4.69, 9.17) is 30.6 Å². The maximum atomic E-state index is 10.8. The number of aliphatic hydroxyl groups excluding tert-OH is 4. The molecule has 2 aliphatic heterocycles. The Labute approximate surface area is 208 Å². The van der Waals surface area contributed by atoms with Crippen molar-refractivity contribution in [3.8, 4) is 5.75 Å². The van der Waals surface area contributed by atoms with E-state index in [1.807, 2.05) is 31.2 Å². The van der Waals surface area contributed by atoms with Gasteiger partial charge >= 0.3 is 0 Å². The molecule has 9 nitrogen and oxygen atoms in total. The number of aliphatic hydroxyl groups is 4. The Bertz CT molecular complexity index is 1030. The van der Waals surface area contributed by atoms with Gasteiger partial charge in [0.1, 0.15) is 36.3 Å². The molecule has 2 aromatic rings. The normalized spacial score (nSPS) is 30.1. The Hall–Kier alpha value is -2.24. The van der Waals surface area contributed by atoms with Crippen molar-refractivity contribution in [2.75, 3.05) is 26.4 Å². The smallest absolute Gasteiger partial charge is 0.225 e. The molecule has 0 unspecified atom stereocenters. The van der Waals surface area contributed by atoms with Gasteiger partial charge in [0, 0.05) is 23.2 Å². The topological polar surface area (TPSA) is 130 Å². The molecule has 2 bridgehead atoms. The molecule has 0 aromatic heterocycles. The Morgan fingerprint density at radius 1 is 1.14 bits per heavy atom. The third-order valence-corrected chi connectivity index (χ3v) is 6.66. The standard InChI is InChI=1S/C25H30ClNO8/c1-2-34-27-10-3-11-32-19-7-4-16(5-8-19)12-17-13-18(6-9-20(17)26)25-23(31)21(29)22(30)24(14-28,35-25)15-33-25/h4-10,13,21-23,28-31H,2-3,11-12,14-15H2,1H3/b27-10+/t21-,22+,23+,24-,25+/m0/s1. The molecule has 4 N–H and O–H groups in total. The summed E-state index contributed by atoms with van der Waals surface area (Å²) in [7, 11) is 0. The molecule has 0 spiro atoms. The highest BCUT2D eigenvalue weighted by Gasteiger charge is 2.67. The van der Waals surface area contributed by atoms with Crippen molar-refractivity contribution in [3.63, 3.8) is 0 Å². The van der Waals surface area contributed by atoms with Crippen LogP contribution in [0.1, 0.15) is 30.0 Å². The van der Waals surface area contributed by atoms with Gasteiger partial charge in [-0.25, -0.2) is 0 Å². The summed E-state index contributed by atoms with van der Waals surface area (Å²) in [4.78, 5) is 4.90. The van der Waals surface area contributed by atoms with Crippen molar-refractivity contribution in [2.45, 2.75) is 49.5 Å². The van der Waals surface area contributed by atoms with Crippen LogP contribution in [0.25, 0.3) is 0 Å². The second-order valence-corrected chi connectivity index (χ2v) is 9.04. The van der Waals surface area contributed by atoms with Crippen molar-refractivity contribution in [1.29, 1.82) is 0 Å². The number of rotatable bonds is 10. The van der Waals surface area contributed by atoms with Gasteiger partial charge in [0.05, 0.1) is 19.8 Å². The van der Waals surface area contributed by atoms with E-state index < -0.39 is 36.3 Å². The summed E-state index contributed by atoms with van der Waals surface area (Å²) in [5, 5.41) is 45.6. The van der Waals surface area contributed by atoms with Crippen LogP contribution in [0.5, 0.6) is 5.75 Å². The second-order valence-electron chi connectivity index (χ2n) is 8.63. The van der Waals surface area contributed by atoms with Crippen LogP contribution in [-0.2, 0) is 26.5 Å². The van der Waals surface area contributed by atoms with Gasteiger partial charge in [0.2, 0.25) is 5.79 Å². The van der Waals surface area contributed by atoms with E-state index in [9.17, 15) is 20.4 Å². The number of hydrogen-bond donors (Lipinski definition) is 4. The minimum Gasteiger partial charge on any atom is -0.493 e. The molecule has 0 aliphatic carbocycles. The fourth-order valence-electron chi connectivity index (χ4n) is 4.33. The van der Waals surface area contributed by atoms with E-state index in [0.717, 1.165) is 16.9 Å². The zero-order chi connectivity index (χ0) is 25.1. The maximum absolute atomic E-state index is 10.8. The number of nitrogens with zero attached hydrogens (tertiary/aromatic N) is 1. The van der Waals surface area contributed by atoms with Gasteiger partial charge in [-0.2, -0.15) is 0 Å². The molecule has 2 fully saturated rings. The zero-order valence-corrected chi connectivity index (χ0v) is 20.1. The minimum atomic E-state index is -1.73. The maximum Gasteiger partial charge on any atom is 0.225 e. The predicted octanol–water partition coefficient (Wildman–Crippen LogP) is 1.75. The first kappa shape index (κ1) is 25.8. The van der Waals surface area contributed by atoms with Crippen LogP contribution < -0.4 is 4.74 Å². The quantitative estimate of drug-likeness (QED) is 0.217. The number of benzene rings is 2. The Morgan fingerprint density at radius 3 is 2.63 bits per heavy atom. The highest BCUT2D eigenvalue weighted by atomic mass is 35.5. The minimum absolute atomic E-state index is 0.185. The average molecular weight is 508 g/mol. The number of hydrogen-bond acceptors (Lipinski definition) is 9. The van der Waals surface area contributed by atoms with Crippen molar-refractivity contribution in [3.05, 3.63) is 64.2 Å². The number of oxime groups is 1. The van der Waals surface area contributed by atoms with Gasteiger partial charge in [0.15, 0.2) is 0 Å². The molecule has 2 aliphatic rings. The van der Waals surface area contributed by atoms with E-state index in [1.54, 1.807) is 24.4 Å². The highest BCUT2D eigenvalue weighted by Crippen LogP contribution is 2.49. The average Bonchev–Trinajstić information content (AvgIpc) is 3.26. The van der Waals surface area contributed by atoms with Crippen molar-refractivity contribution in [2.24, 2.45) is 5.16 Å². The summed E-state index contributed by atoms with van der Waals surface area (Å²) < 4.78 is 17.4. The largest absolute Gasteiger partial charge is 0.493 e. The van der Waals surface area contributed by atoms with Crippen LogP contribution in [0.2, 0.25) is 5.02 Å². The molecule has 0 radical (unpaired) electrons. The van der Waals surface area contributed by atoms with E-state index in [-0.39, 0.29) is 6.61 Å². The summed E-state index contributed by atoms with van der Waals surface area (Å²) in [5.74, 6) is -1.01. The zero-order valence-electron chi connectivity index (χ0n) is 19.3. The summed E-state index contributed by atoms with van der Waals surface area (Å²) in [6.45, 7) is 2.11. The molecule has 0 saturated carbocycles. The lowest BCUT2D eigenvalue weighted by Gasteiger charge is -2.46. The summed E-state index contributed by atoms with van der Waals surface area (Å²) >= 11 is 6.46. The van der Waals surface area contributed by atoms with Gasteiger partial charge < -0.3 is 39.5 Å². The van der Waals surface area contributed by atoms with Crippen LogP contribution in [0.4, 0.5) is 0 Å². The van der Waals surface area contributed by atoms with Crippen molar-refractivity contribution in [1.82, 2.24) is 0 Å². The molecular formula is C25H30ClNO8. The second kappa shape index (κ2) is 10.8. The van der Waals surface area contributed by atoms with E-state index in [0.29, 0.717) is 36.6 Å². The summed E-state index contributed by atoms with van der Waals surface area (Å²) in [6.07, 6.45) is -1.85. The highest BCUT2D eigenvalue weighted by molar-refractivity contribution is 6.31. The van der Waals surface area contributed by atoms with Crippen molar-refractivity contribution < 1.29 is 39.5 Å². The molecule has 2 heterocycles. The molecule has 2 saturated heterocycles. The van der Waals surface area contributed by atoms with Crippen LogP contribution in [0.3, 0.4) is 0 Å². The first-order chi connectivity index (χ1) is 16.8. The summed E-state index contributed by atoms with van der Waals surface area (Å²) in [6, 6.07) is 12.6. The molecule has 2 aromatic carbocycles. The van der Waals surface area contributed by atoms with E-state index >= 15 is 0 Å². The lowest BCUT2D eigenvalue weighted by Crippen LogP contribution is -2.65. The van der Waals surface area contributed by atoms with Crippen molar-refractivity contribution >= 4 is 17.8 Å². The van der Waals surface area contributed by atoms with Gasteiger partial charge in [0.25, 0.3) is 0 Å². The Morgan fingerprint density at radius 2 is 1.91 bits per heavy atom. The predicted molar refractivity (Wildman–Crippen MR) is 127 cm³/mol. The van der Waals surface area contributed by atoms with Gasteiger partial charge in [-0.1, -0.05) is 35.0 Å². The van der Waals surface area contributed by atoms with E-state index in [1.165, 1.54) is 0 Å². The molecule has 0 amide bonds. The molecule has 35 heavy (non-hydrogen) atoms. The van der Waals surface area contributed by atoms with E-state index in [2.05, 4.69) is 5.16 Å². The molecule has 4 rings (SSSR count). The van der Waals surface area contributed by atoms with Crippen LogP contribution in [0, 0.1) is 0 Å². The monoisotopic (exact) mass is 507 g/mol. The Kier molecular flexibility index (Phi) is 7.97. The van der Waals surface area contributed by atoms with Gasteiger partial charge in [-0.15, -0.1) is 0 Å². The molecule has 10 heteroatoms. The summed E-state index contributed by atoms with van der Waals surface area (Å²) in [5.41, 5.74) is 0.632. The molecule has 5 atom stereocenters. The first-order valence-electron chi connectivity index (χ1n) is 11.5. The molecule has 190 valence electrons. The lowest BCUT2D eigenvalue weighted by atomic mass is 9.83. The lowest BCUT2D eigenvalue weighted by molar-refractivity contribution is -0.329. The van der Waals surface area contributed by atoms with Gasteiger partial charge in [-0.05, 0) is 48.7 Å². The number of halogens is 1. The van der Waals surface area contributed by atoms with Crippen LogP contribution in [-0.4, -0.2) is 77.0 Å². The Balaban J connectivity index is 1.48. The third-order valence-electron chi connectivity index (χ3n) is 6.29. The molecular weight excluding hydrogens is 478 g/mol. The number of fused-ring (bicyclic) bond motifs is 2. The SMILES string of the molecule is CCO/N=C/CCOc1ccc(Cc2cc([C@@]34OC[C@](CO)(O3)[C@H](O)[C@H](O)[C@H]4O)ccc2Cl)cc1. The fourth-order valence-corrected chi connectivity index (χ4v) is 4.52. The van der Waals surface area contributed by atoms with Gasteiger partial charge in [-0.3, -0.25) is 0 Å². The first-order valence-corrected chi connectivity index (χ1v) is 11.9. The van der Waals surface area contributed by atoms with Crippen LogP contribution >= 0.6 is 11.6 Å².